The lowest BCUT2D eigenvalue weighted by Gasteiger charge is -2.40. The molecule has 5 heteroatoms. The van der Waals surface area contributed by atoms with Gasteiger partial charge in [0.25, 0.3) is 0 Å². The molecule has 2 rings (SSSR count). The molecule has 0 unspecified atom stereocenters. The molecule has 1 aromatic rings. The van der Waals surface area contributed by atoms with E-state index >= 15 is 0 Å². The van der Waals surface area contributed by atoms with Crippen LogP contribution in [-0.2, 0) is 5.60 Å². The van der Waals surface area contributed by atoms with Gasteiger partial charge in [0, 0.05) is 30.9 Å². The lowest BCUT2D eigenvalue weighted by atomic mass is 9.85. The quantitative estimate of drug-likeness (QED) is 0.830. The van der Waals surface area contributed by atoms with Crippen molar-refractivity contribution in [3.63, 3.8) is 0 Å². The van der Waals surface area contributed by atoms with E-state index in [-0.39, 0.29) is 12.6 Å². The normalized spacial score (nSPS) is 21.8. The molecule has 1 aliphatic rings. The number of likely N-dealkylation sites (tertiary alicyclic amines) is 1. The minimum atomic E-state index is -0.778. The second-order valence-electron chi connectivity index (χ2n) is 4.97. The average Bonchev–Trinajstić information content (AvgIpc) is 2.39. The first-order chi connectivity index (χ1) is 8.55. The predicted octanol–water partition coefficient (Wildman–Crippen LogP) is 1.51. The summed E-state index contributed by atoms with van der Waals surface area (Å²) in [5.74, 6) is 0. The summed E-state index contributed by atoms with van der Waals surface area (Å²) >= 11 is 3.30. The summed E-state index contributed by atoms with van der Waals surface area (Å²) in [5.41, 5.74) is 0.0985. The van der Waals surface area contributed by atoms with Gasteiger partial charge in [-0.3, -0.25) is 4.90 Å². The lowest BCUT2D eigenvalue weighted by molar-refractivity contribution is -0.0392. The third-order valence-corrected chi connectivity index (χ3v) is 4.25. The number of hydrogen-bond donors (Lipinski definition) is 2. The first-order valence-corrected chi connectivity index (χ1v) is 7.04. The Labute approximate surface area is 116 Å². The monoisotopic (exact) mass is 314 g/mol. The summed E-state index contributed by atoms with van der Waals surface area (Å²) in [6.07, 6.45) is 3.09. The van der Waals surface area contributed by atoms with Gasteiger partial charge in [0.2, 0.25) is 0 Å². The highest BCUT2D eigenvalue weighted by Crippen LogP contribution is 2.33. The van der Waals surface area contributed by atoms with E-state index in [1.165, 1.54) is 0 Å². The van der Waals surface area contributed by atoms with Crippen LogP contribution in [0.15, 0.2) is 22.9 Å². The lowest BCUT2D eigenvalue weighted by Crippen LogP contribution is -2.47. The van der Waals surface area contributed by atoms with Crippen LogP contribution in [0.5, 0.6) is 0 Å². The molecule has 0 spiro atoms. The molecule has 0 aliphatic carbocycles. The van der Waals surface area contributed by atoms with Crippen LogP contribution in [-0.4, -0.2) is 45.8 Å². The maximum absolute atomic E-state index is 10.7. The Morgan fingerprint density at radius 3 is 2.61 bits per heavy atom. The van der Waals surface area contributed by atoms with Gasteiger partial charge in [0.15, 0.2) is 0 Å². The second kappa shape index (κ2) is 5.65. The van der Waals surface area contributed by atoms with Crippen LogP contribution >= 0.6 is 15.9 Å². The third kappa shape index (κ3) is 2.91. The number of halogens is 1. The molecular formula is C13H19BrN2O2. The van der Waals surface area contributed by atoms with Gasteiger partial charge in [-0.25, -0.2) is 4.98 Å². The first kappa shape index (κ1) is 13.9. The van der Waals surface area contributed by atoms with Crippen LogP contribution in [0.25, 0.3) is 0 Å². The number of piperidine rings is 1. The highest BCUT2D eigenvalue weighted by Gasteiger charge is 2.35. The van der Waals surface area contributed by atoms with E-state index in [1.54, 1.807) is 6.20 Å². The number of pyridine rings is 1. The van der Waals surface area contributed by atoms with E-state index in [0.717, 1.165) is 23.3 Å². The summed E-state index contributed by atoms with van der Waals surface area (Å²) in [7, 11) is 0. The predicted molar refractivity (Wildman–Crippen MR) is 73.2 cm³/mol. The summed E-state index contributed by atoms with van der Waals surface area (Å²) in [5, 5.41) is 19.8. The summed E-state index contributed by atoms with van der Waals surface area (Å²) in [4.78, 5) is 6.38. The Morgan fingerprint density at radius 1 is 1.44 bits per heavy atom. The van der Waals surface area contributed by atoms with Crippen molar-refractivity contribution in [1.82, 2.24) is 9.88 Å². The van der Waals surface area contributed by atoms with Crippen molar-refractivity contribution < 1.29 is 10.2 Å². The molecule has 0 aromatic carbocycles. The topological polar surface area (TPSA) is 56.6 Å². The molecule has 1 saturated heterocycles. The largest absolute Gasteiger partial charge is 0.395 e. The third-order valence-electron chi connectivity index (χ3n) is 3.78. The zero-order valence-electron chi connectivity index (χ0n) is 10.5. The van der Waals surface area contributed by atoms with Gasteiger partial charge in [-0.05, 0) is 41.8 Å². The summed E-state index contributed by atoms with van der Waals surface area (Å²) in [6.45, 7) is 3.77. The summed E-state index contributed by atoms with van der Waals surface area (Å²) < 4.78 is 0.779. The van der Waals surface area contributed by atoms with Gasteiger partial charge in [-0.15, -0.1) is 0 Å². The first-order valence-electron chi connectivity index (χ1n) is 6.24. The van der Waals surface area contributed by atoms with Gasteiger partial charge >= 0.3 is 0 Å². The highest BCUT2D eigenvalue weighted by molar-refractivity contribution is 9.10. The Kier molecular flexibility index (Phi) is 4.37. The molecule has 1 fully saturated rings. The number of nitrogens with zero attached hydrogens (tertiary/aromatic N) is 2. The number of aliphatic hydroxyl groups excluding tert-OH is 1. The fourth-order valence-corrected chi connectivity index (χ4v) is 2.62. The van der Waals surface area contributed by atoms with Crippen molar-refractivity contribution in [3.8, 4) is 0 Å². The molecule has 100 valence electrons. The smallest absolute Gasteiger partial charge is 0.106 e. The van der Waals surface area contributed by atoms with Gasteiger partial charge in [0.1, 0.15) is 4.60 Å². The average molecular weight is 315 g/mol. The van der Waals surface area contributed by atoms with Crippen LogP contribution in [0, 0.1) is 0 Å². The molecule has 18 heavy (non-hydrogen) atoms. The van der Waals surface area contributed by atoms with E-state index in [9.17, 15) is 5.11 Å². The van der Waals surface area contributed by atoms with Crippen molar-refractivity contribution in [1.29, 1.82) is 0 Å². The number of hydrogen-bond acceptors (Lipinski definition) is 4. The zero-order chi connectivity index (χ0) is 13.2. The molecule has 1 atom stereocenters. The van der Waals surface area contributed by atoms with Gasteiger partial charge in [-0.2, -0.15) is 0 Å². The highest BCUT2D eigenvalue weighted by atomic mass is 79.9. The zero-order valence-corrected chi connectivity index (χ0v) is 12.1. The second-order valence-corrected chi connectivity index (χ2v) is 5.78. The number of rotatable bonds is 3. The Bertz CT molecular complexity index is 388. The molecule has 1 aliphatic heterocycles. The minimum Gasteiger partial charge on any atom is -0.395 e. The summed E-state index contributed by atoms with van der Waals surface area (Å²) in [6, 6.07) is 3.94. The molecule has 0 bridgehead atoms. The Morgan fingerprint density at radius 2 is 2.11 bits per heavy atom. The fourth-order valence-electron chi connectivity index (χ4n) is 2.39. The minimum absolute atomic E-state index is 0.164. The van der Waals surface area contributed by atoms with Crippen LogP contribution in [0.1, 0.15) is 25.3 Å². The van der Waals surface area contributed by atoms with E-state index < -0.39 is 5.60 Å². The van der Waals surface area contributed by atoms with Crippen molar-refractivity contribution in [2.24, 2.45) is 0 Å². The van der Waals surface area contributed by atoms with Crippen LogP contribution in [0.3, 0.4) is 0 Å². The van der Waals surface area contributed by atoms with E-state index in [2.05, 4.69) is 25.8 Å². The molecule has 4 nitrogen and oxygen atoms in total. The van der Waals surface area contributed by atoms with Crippen molar-refractivity contribution in [3.05, 3.63) is 28.5 Å². The van der Waals surface area contributed by atoms with E-state index in [1.807, 2.05) is 19.1 Å². The molecule has 0 amide bonds. The number of aromatic nitrogens is 1. The van der Waals surface area contributed by atoms with Crippen LogP contribution in [0.4, 0.5) is 0 Å². The SMILES string of the molecule is C[C@@H](CO)N1CCC(O)(c2ccc(Br)nc2)CC1. The maximum atomic E-state index is 10.7. The maximum Gasteiger partial charge on any atom is 0.106 e. The Hall–Kier alpha value is -0.490. The Balaban J connectivity index is 2.05. The van der Waals surface area contributed by atoms with Crippen LogP contribution < -0.4 is 0 Å². The molecule has 0 radical (unpaired) electrons. The molecular weight excluding hydrogens is 296 g/mol. The molecule has 0 saturated carbocycles. The molecule has 1 aromatic heterocycles. The van der Waals surface area contributed by atoms with E-state index in [4.69, 9.17) is 5.11 Å². The number of aliphatic hydroxyl groups is 2. The molecule has 2 N–H and O–H groups in total. The van der Waals surface area contributed by atoms with Gasteiger partial charge in [0.05, 0.1) is 12.2 Å². The van der Waals surface area contributed by atoms with Crippen molar-refractivity contribution in [2.75, 3.05) is 19.7 Å². The van der Waals surface area contributed by atoms with Crippen molar-refractivity contribution >= 4 is 15.9 Å². The van der Waals surface area contributed by atoms with Gasteiger partial charge < -0.3 is 10.2 Å². The van der Waals surface area contributed by atoms with Gasteiger partial charge in [-0.1, -0.05) is 6.07 Å². The van der Waals surface area contributed by atoms with E-state index in [0.29, 0.717) is 12.8 Å². The standard InChI is InChI=1S/C13H19BrN2O2/c1-10(9-17)16-6-4-13(18,5-7-16)11-2-3-12(14)15-8-11/h2-3,8,10,17-18H,4-7,9H2,1H3/t10-/m0/s1. The van der Waals surface area contributed by atoms with Crippen LogP contribution in [0.2, 0.25) is 0 Å². The van der Waals surface area contributed by atoms with Crippen molar-refractivity contribution in [2.45, 2.75) is 31.4 Å². The molecule has 2 heterocycles. The fraction of sp³-hybridized carbons (Fsp3) is 0.615.